The lowest BCUT2D eigenvalue weighted by Crippen LogP contribution is -2.43. The average molecular weight is 410 g/mol. The molecule has 1 unspecified atom stereocenters. The monoisotopic (exact) mass is 410 g/mol. The Morgan fingerprint density at radius 1 is 1.30 bits per heavy atom. The average Bonchev–Trinajstić information content (AvgIpc) is 3.07. The topological polar surface area (TPSA) is 86.1 Å². The Bertz CT molecular complexity index is 1020. The molecule has 0 radical (unpaired) electrons. The van der Waals surface area contributed by atoms with Gasteiger partial charge in [-0.3, -0.25) is 14.6 Å². The molecular formula is C22H20F2N4O2. The number of nitrogens with zero attached hydrogens (tertiary/aromatic N) is 3. The summed E-state index contributed by atoms with van der Waals surface area (Å²) in [6, 6.07) is 11.6. The largest absolute Gasteiger partial charge is 0.343 e. The van der Waals surface area contributed by atoms with Crippen molar-refractivity contribution in [2.75, 3.05) is 13.1 Å². The number of allylic oxidation sites excluding steroid dienone is 1. The molecule has 1 aliphatic heterocycles. The molecule has 0 aliphatic carbocycles. The Balaban J connectivity index is 1.72. The molecule has 1 aliphatic rings. The molecule has 30 heavy (non-hydrogen) atoms. The first-order valence-corrected chi connectivity index (χ1v) is 9.33. The number of aromatic nitrogens is 1. The number of pyridine rings is 1. The first-order valence-electron chi connectivity index (χ1n) is 9.33. The summed E-state index contributed by atoms with van der Waals surface area (Å²) in [5, 5.41) is 11.5. The predicted molar refractivity (Wildman–Crippen MR) is 107 cm³/mol. The second-order valence-electron chi connectivity index (χ2n) is 7.07. The number of amides is 2. The first-order chi connectivity index (χ1) is 14.3. The van der Waals surface area contributed by atoms with Crippen LogP contribution in [0.3, 0.4) is 0 Å². The van der Waals surface area contributed by atoms with Crippen LogP contribution in [0, 0.1) is 11.3 Å². The van der Waals surface area contributed by atoms with Gasteiger partial charge < -0.3 is 10.2 Å². The van der Waals surface area contributed by atoms with E-state index < -0.39 is 43.3 Å². The fourth-order valence-electron chi connectivity index (χ4n) is 3.33. The van der Waals surface area contributed by atoms with Gasteiger partial charge in [0, 0.05) is 29.9 Å². The second-order valence-corrected chi connectivity index (χ2v) is 7.07. The number of hydrogen-bond donors (Lipinski definition) is 1. The number of nitriles is 1. The maximum atomic E-state index is 13.5. The minimum atomic E-state index is -3.10. The Morgan fingerprint density at radius 3 is 2.73 bits per heavy atom. The van der Waals surface area contributed by atoms with Gasteiger partial charge in [-0.15, -0.1) is 0 Å². The molecule has 1 saturated heterocycles. The van der Waals surface area contributed by atoms with E-state index in [1.807, 2.05) is 43.3 Å². The smallest absolute Gasteiger partial charge is 0.268 e. The van der Waals surface area contributed by atoms with Gasteiger partial charge in [0.25, 0.3) is 11.8 Å². The number of likely N-dealkylation sites (tertiary alicyclic amines) is 1. The minimum absolute atomic E-state index is 0.311. The van der Waals surface area contributed by atoms with E-state index in [4.69, 9.17) is 5.26 Å². The lowest BCUT2D eigenvalue weighted by Gasteiger charge is -2.19. The van der Waals surface area contributed by atoms with Crippen molar-refractivity contribution in [2.24, 2.45) is 0 Å². The van der Waals surface area contributed by atoms with Crippen molar-refractivity contribution < 1.29 is 18.4 Å². The zero-order valence-electron chi connectivity index (χ0n) is 16.3. The highest BCUT2D eigenvalue weighted by atomic mass is 19.3. The van der Waals surface area contributed by atoms with E-state index in [1.165, 1.54) is 12.3 Å². The van der Waals surface area contributed by atoms with Gasteiger partial charge in [0.15, 0.2) is 0 Å². The Hall–Kier alpha value is -3.60. The molecule has 1 aromatic heterocycles. The van der Waals surface area contributed by atoms with E-state index in [-0.39, 0.29) is 0 Å². The van der Waals surface area contributed by atoms with Crippen LogP contribution in [0.5, 0.6) is 0 Å². The second kappa shape index (κ2) is 8.82. The molecule has 1 atom stereocenters. The number of benzene rings is 1. The van der Waals surface area contributed by atoms with Gasteiger partial charge >= 0.3 is 0 Å². The zero-order chi connectivity index (χ0) is 21.7. The van der Waals surface area contributed by atoms with E-state index in [9.17, 15) is 18.4 Å². The van der Waals surface area contributed by atoms with Gasteiger partial charge in [0.1, 0.15) is 6.04 Å². The van der Waals surface area contributed by atoms with Crippen LogP contribution in [0.15, 0.2) is 48.8 Å². The molecule has 1 aromatic carbocycles. The number of rotatable bonds is 5. The maximum absolute atomic E-state index is 13.5. The van der Waals surface area contributed by atoms with Gasteiger partial charge in [-0.1, -0.05) is 36.4 Å². The van der Waals surface area contributed by atoms with Crippen molar-refractivity contribution in [1.29, 1.82) is 5.26 Å². The summed E-state index contributed by atoms with van der Waals surface area (Å²) in [4.78, 5) is 29.9. The third kappa shape index (κ3) is 4.87. The van der Waals surface area contributed by atoms with Gasteiger partial charge in [-0.25, -0.2) is 8.78 Å². The van der Waals surface area contributed by atoms with E-state index in [0.29, 0.717) is 11.1 Å². The summed E-state index contributed by atoms with van der Waals surface area (Å²) in [6.07, 6.45) is 4.23. The SMILES string of the molecule is C/C(=C\c1ccccc1)c1cnccc1C(=O)NCC(=O)N1CC(F)(F)CC1C#N. The lowest BCUT2D eigenvalue weighted by molar-refractivity contribution is -0.131. The van der Waals surface area contributed by atoms with Crippen LogP contribution >= 0.6 is 0 Å². The summed E-state index contributed by atoms with van der Waals surface area (Å²) in [7, 11) is 0. The molecular weight excluding hydrogens is 390 g/mol. The van der Waals surface area contributed by atoms with Crippen LogP contribution in [0.4, 0.5) is 8.78 Å². The molecule has 6 nitrogen and oxygen atoms in total. The number of halogens is 2. The zero-order valence-corrected chi connectivity index (χ0v) is 16.3. The minimum Gasteiger partial charge on any atom is -0.343 e. The predicted octanol–water partition coefficient (Wildman–Crippen LogP) is 3.13. The molecule has 1 fully saturated rings. The number of carbonyl (C=O) groups is 2. The molecule has 3 rings (SSSR count). The van der Waals surface area contributed by atoms with Crippen molar-refractivity contribution in [2.45, 2.75) is 25.3 Å². The van der Waals surface area contributed by atoms with Crippen molar-refractivity contribution in [3.8, 4) is 6.07 Å². The van der Waals surface area contributed by atoms with Crippen LogP contribution in [-0.2, 0) is 4.79 Å². The Morgan fingerprint density at radius 2 is 2.03 bits per heavy atom. The summed E-state index contributed by atoms with van der Waals surface area (Å²) in [6.45, 7) is 0.547. The molecule has 1 N–H and O–H groups in total. The summed E-state index contributed by atoms with van der Waals surface area (Å²) in [5.74, 6) is -4.35. The van der Waals surface area contributed by atoms with Crippen LogP contribution in [0.1, 0.15) is 34.8 Å². The molecule has 2 heterocycles. The third-order valence-electron chi connectivity index (χ3n) is 4.81. The summed E-state index contributed by atoms with van der Waals surface area (Å²) in [5.41, 5.74) is 2.66. The van der Waals surface area contributed by atoms with Gasteiger partial charge in [0.2, 0.25) is 5.91 Å². The van der Waals surface area contributed by atoms with Gasteiger partial charge in [0.05, 0.1) is 19.2 Å². The fraction of sp³-hybridized carbons (Fsp3) is 0.273. The Labute approximate surface area is 172 Å². The number of hydrogen-bond acceptors (Lipinski definition) is 4. The fourth-order valence-corrected chi connectivity index (χ4v) is 3.33. The standard InChI is InChI=1S/C22H20F2N4O2/c1-15(9-16-5-3-2-4-6-16)19-12-26-8-7-18(19)21(30)27-13-20(29)28-14-22(23,24)10-17(28)11-25/h2-9,12,17H,10,13-14H2,1H3,(H,27,30)/b15-9+. The molecule has 154 valence electrons. The molecule has 8 heteroatoms. The van der Waals surface area contributed by atoms with Gasteiger partial charge in [-0.05, 0) is 24.1 Å². The quantitative estimate of drug-likeness (QED) is 0.821. The third-order valence-corrected chi connectivity index (χ3v) is 4.81. The number of nitrogens with one attached hydrogen (secondary N) is 1. The van der Waals surface area contributed by atoms with Crippen molar-refractivity contribution in [3.05, 3.63) is 65.5 Å². The highest BCUT2D eigenvalue weighted by Gasteiger charge is 2.47. The highest BCUT2D eigenvalue weighted by molar-refractivity contribution is 6.01. The number of carbonyl (C=O) groups excluding carboxylic acids is 2. The normalized spacial score (nSPS) is 18.0. The molecule has 0 spiro atoms. The van der Waals surface area contributed by atoms with Crippen LogP contribution in [-0.4, -0.2) is 46.8 Å². The van der Waals surface area contributed by atoms with Crippen molar-refractivity contribution in [3.63, 3.8) is 0 Å². The van der Waals surface area contributed by atoms with E-state index in [1.54, 1.807) is 12.3 Å². The van der Waals surface area contributed by atoms with Gasteiger partial charge in [-0.2, -0.15) is 5.26 Å². The van der Waals surface area contributed by atoms with E-state index in [2.05, 4.69) is 10.3 Å². The molecule has 0 bridgehead atoms. The van der Waals surface area contributed by atoms with E-state index >= 15 is 0 Å². The maximum Gasteiger partial charge on any atom is 0.268 e. The Kier molecular flexibility index (Phi) is 6.21. The van der Waals surface area contributed by atoms with Crippen LogP contribution < -0.4 is 5.32 Å². The molecule has 2 aromatic rings. The molecule has 0 saturated carbocycles. The van der Waals surface area contributed by atoms with E-state index in [0.717, 1.165) is 16.0 Å². The highest BCUT2D eigenvalue weighted by Crippen LogP contribution is 2.31. The van der Waals surface area contributed by atoms with Crippen LogP contribution in [0.2, 0.25) is 0 Å². The summed E-state index contributed by atoms with van der Waals surface area (Å²) < 4.78 is 27.1. The molecule has 2 amide bonds. The lowest BCUT2D eigenvalue weighted by atomic mass is 10.0. The summed E-state index contributed by atoms with van der Waals surface area (Å²) >= 11 is 0. The van der Waals surface area contributed by atoms with Crippen molar-refractivity contribution in [1.82, 2.24) is 15.2 Å². The first kappa shape index (κ1) is 21.1. The number of alkyl halides is 2. The van der Waals surface area contributed by atoms with Crippen molar-refractivity contribution >= 4 is 23.5 Å². The van der Waals surface area contributed by atoms with Crippen LogP contribution in [0.25, 0.3) is 11.6 Å².